The minimum Gasteiger partial charge on any atom is -0.325 e. The fraction of sp³-hybridized carbons (Fsp3) is 0.300. The Balaban J connectivity index is 1.56. The summed E-state index contributed by atoms with van der Waals surface area (Å²) in [5, 5.41) is 3.55. The van der Waals surface area contributed by atoms with Crippen molar-refractivity contribution in [3.05, 3.63) is 58.6 Å². The molecule has 0 radical (unpaired) electrons. The first-order valence-corrected chi connectivity index (χ1v) is 8.86. The third kappa shape index (κ3) is 2.71. The molecule has 2 aromatic rings. The highest BCUT2D eigenvalue weighted by Crippen LogP contribution is 2.49. The Morgan fingerprint density at radius 2 is 1.92 bits per heavy atom. The van der Waals surface area contributed by atoms with Crippen LogP contribution in [0.15, 0.2) is 42.5 Å². The molecule has 2 aliphatic rings. The molecule has 2 aromatic carbocycles. The summed E-state index contributed by atoms with van der Waals surface area (Å²) in [5.74, 6) is -0.297. The van der Waals surface area contributed by atoms with Gasteiger partial charge < -0.3 is 10.2 Å². The van der Waals surface area contributed by atoms with Gasteiger partial charge in [-0.2, -0.15) is 0 Å². The number of hydrogen-bond acceptors (Lipinski definition) is 2. The maximum Gasteiger partial charge on any atom is 0.242 e. The lowest BCUT2D eigenvalue weighted by molar-refractivity contribution is -0.132. The van der Waals surface area contributed by atoms with E-state index >= 15 is 0 Å². The zero-order chi connectivity index (χ0) is 17.6. The molecule has 0 spiro atoms. The van der Waals surface area contributed by atoms with Gasteiger partial charge in [-0.3, -0.25) is 9.59 Å². The van der Waals surface area contributed by atoms with Gasteiger partial charge >= 0.3 is 0 Å². The highest BCUT2D eigenvalue weighted by molar-refractivity contribution is 6.30. The number of halogens is 1. The van der Waals surface area contributed by atoms with Crippen LogP contribution in [-0.2, 0) is 16.0 Å². The van der Waals surface area contributed by atoms with E-state index in [-0.39, 0.29) is 11.8 Å². The first-order chi connectivity index (χ1) is 12.0. The van der Waals surface area contributed by atoms with Crippen molar-refractivity contribution >= 4 is 34.8 Å². The lowest BCUT2D eigenvalue weighted by Crippen LogP contribution is -2.42. The number of anilines is 2. The van der Waals surface area contributed by atoms with Crippen molar-refractivity contribution < 1.29 is 9.59 Å². The first kappa shape index (κ1) is 16.2. The van der Waals surface area contributed by atoms with Crippen molar-refractivity contribution in [2.45, 2.75) is 26.2 Å². The number of benzene rings is 2. The lowest BCUT2D eigenvalue weighted by Gasteiger charge is -2.23. The lowest BCUT2D eigenvalue weighted by atomic mass is 10.0. The number of nitrogens with one attached hydrogen (secondary N) is 1. The van der Waals surface area contributed by atoms with Crippen molar-refractivity contribution in [2.75, 3.05) is 16.8 Å². The predicted molar refractivity (Wildman–Crippen MR) is 99.0 cm³/mol. The van der Waals surface area contributed by atoms with E-state index in [1.807, 2.05) is 31.2 Å². The summed E-state index contributed by atoms with van der Waals surface area (Å²) < 4.78 is 0. The molecule has 1 aliphatic carbocycles. The van der Waals surface area contributed by atoms with Crippen LogP contribution in [0.1, 0.15) is 24.0 Å². The second-order valence-electron chi connectivity index (χ2n) is 6.83. The summed E-state index contributed by atoms with van der Waals surface area (Å²) in [6.45, 7) is 2.53. The molecule has 4 rings (SSSR count). The molecule has 1 heterocycles. The number of para-hydroxylation sites is 1. The summed E-state index contributed by atoms with van der Waals surface area (Å²) in [6, 6.07) is 13.2. The standard InChI is InChI=1S/C20H19ClN2O2/c1-13-12-15(21)6-7-16(13)22-18(24)20(9-10-20)19(25)23-11-8-14-4-2-3-5-17(14)23/h2-7,12H,8-11H2,1H3,(H,22,24). The average Bonchev–Trinajstić information content (AvgIpc) is 3.30. The van der Waals surface area contributed by atoms with Crippen LogP contribution in [0.3, 0.4) is 0 Å². The molecule has 1 saturated carbocycles. The van der Waals surface area contributed by atoms with Crippen LogP contribution in [0.25, 0.3) is 0 Å². The Labute approximate surface area is 151 Å². The van der Waals surface area contributed by atoms with Gasteiger partial charge in [-0.25, -0.2) is 0 Å². The van der Waals surface area contributed by atoms with Crippen LogP contribution in [0.5, 0.6) is 0 Å². The molecule has 0 atom stereocenters. The molecular formula is C20H19ClN2O2. The monoisotopic (exact) mass is 354 g/mol. The van der Waals surface area contributed by atoms with Gasteiger partial charge in [-0.05, 0) is 61.6 Å². The van der Waals surface area contributed by atoms with Gasteiger partial charge in [-0.1, -0.05) is 29.8 Å². The first-order valence-electron chi connectivity index (χ1n) is 8.49. The fourth-order valence-electron chi connectivity index (χ4n) is 3.48. The number of hydrogen-bond donors (Lipinski definition) is 1. The predicted octanol–water partition coefficient (Wildman–Crippen LogP) is 3.96. The third-order valence-electron chi connectivity index (χ3n) is 5.16. The van der Waals surface area contributed by atoms with Gasteiger partial charge in [0.15, 0.2) is 0 Å². The summed E-state index contributed by atoms with van der Waals surface area (Å²) >= 11 is 5.97. The van der Waals surface area contributed by atoms with Gasteiger partial charge in [0.25, 0.3) is 0 Å². The number of nitrogens with zero attached hydrogens (tertiary/aromatic N) is 1. The van der Waals surface area contributed by atoms with Gasteiger partial charge in [0, 0.05) is 22.9 Å². The van der Waals surface area contributed by atoms with Crippen LogP contribution in [0, 0.1) is 12.3 Å². The number of aryl methyl sites for hydroxylation is 1. The highest BCUT2D eigenvalue weighted by atomic mass is 35.5. The van der Waals surface area contributed by atoms with Gasteiger partial charge in [0.2, 0.25) is 11.8 Å². The molecule has 0 saturated heterocycles. The maximum atomic E-state index is 13.1. The SMILES string of the molecule is Cc1cc(Cl)ccc1NC(=O)C1(C(=O)N2CCc3ccccc32)CC1. The number of rotatable bonds is 3. The van der Waals surface area contributed by atoms with Crippen LogP contribution >= 0.6 is 11.6 Å². The van der Waals surface area contributed by atoms with Crippen LogP contribution in [0.4, 0.5) is 11.4 Å². The third-order valence-corrected chi connectivity index (χ3v) is 5.40. The van der Waals surface area contributed by atoms with E-state index in [4.69, 9.17) is 11.6 Å². The summed E-state index contributed by atoms with van der Waals surface area (Å²) in [6.07, 6.45) is 2.04. The van der Waals surface area contributed by atoms with E-state index in [2.05, 4.69) is 5.32 Å². The van der Waals surface area contributed by atoms with Crippen molar-refractivity contribution in [1.29, 1.82) is 0 Å². The quantitative estimate of drug-likeness (QED) is 0.848. The second-order valence-corrected chi connectivity index (χ2v) is 7.27. The van der Waals surface area contributed by atoms with Crippen molar-refractivity contribution in [3.63, 3.8) is 0 Å². The van der Waals surface area contributed by atoms with E-state index in [9.17, 15) is 9.59 Å². The van der Waals surface area contributed by atoms with E-state index in [0.29, 0.717) is 30.1 Å². The molecule has 1 aliphatic heterocycles. The minimum atomic E-state index is -0.927. The van der Waals surface area contributed by atoms with E-state index in [1.54, 1.807) is 23.1 Å². The Morgan fingerprint density at radius 3 is 2.64 bits per heavy atom. The molecule has 25 heavy (non-hydrogen) atoms. The second kappa shape index (κ2) is 5.88. The Hall–Kier alpha value is -2.33. The van der Waals surface area contributed by atoms with Crippen molar-refractivity contribution in [1.82, 2.24) is 0 Å². The van der Waals surface area contributed by atoms with Gasteiger partial charge in [0.1, 0.15) is 5.41 Å². The summed E-state index contributed by atoms with van der Waals surface area (Å²) in [4.78, 5) is 27.7. The van der Waals surface area contributed by atoms with Crippen molar-refractivity contribution in [2.24, 2.45) is 5.41 Å². The Morgan fingerprint density at radius 1 is 1.16 bits per heavy atom. The molecule has 2 amide bonds. The van der Waals surface area contributed by atoms with Gasteiger partial charge in [0.05, 0.1) is 0 Å². The molecule has 0 unspecified atom stereocenters. The average molecular weight is 355 g/mol. The molecule has 1 fully saturated rings. The van der Waals surface area contributed by atoms with E-state index in [0.717, 1.165) is 17.7 Å². The fourth-order valence-corrected chi connectivity index (χ4v) is 3.71. The molecular weight excluding hydrogens is 336 g/mol. The van der Waals surface area contributed by atoms with E-state index < -0.39 is 5.41 Å². The molecule has 1 N–H and O–H groups in total. The number of carbonyl (C=O) groups excluding carboxylic acids is 2. The largest absolute Gasteiger partial charge is 0.325 e. The van der Waals surface area contributed by atoms with Crippen LogP contribution in [-0.4, -0.2) is 18.4 Å². The number of amides is 2. The zero-order valence-electron chi connectivity index (χ0n) is 14.0. The summed E-state index contributed by atoms with van der Waals surface area (Å²) in [5.41, 5.74) is 2.77. The number of fused-ring (bicyclic) bond motifs is 1. The molecule has 0 aromatic heterocycles. The molecule has 5 heteroatoms. The minimum absolute atomic E-state index is 0.0819. The Kier molecular flexibility index (Phi) is 3.80. The normalized spacial score (nSPS) is 17.1. The number of carbonyl (C=O) groups is 2. The topological polar surface area (TPSA) is 49.4 Å². The van der Waals surface area contributed by atoms with Gasteiger partial charge in [-0.15, -0.1) is 0 Å². The molecule has 4 nitrogen and oxygen atoms in total. The zero-order valence-corrected chi connectivity index (χ0v) is 14.8. The van der Waals surface area contributed by atoms with Crippen LogP contribution < -0.4 is 10.2 Å². The maximum absolute atomic E-state index is 13.1. The summed E-state index contributed by atoms with van der Waals surface area (Å²) in [7, 11) is 0. The molecule has 0 bridgehead atoms. The smallest absolute Gasteiger partial charge is 0.242 e. The van der Waals surface area contributed by atoms with Crippen LogP contribution in [0.2, 0.25) is 5.02 Å². The highest BCUT2D eigenvalue weighted by Gasteiger charge is 2.58. The molecule has 128 valence electrons. The Bertz CT molecular complexity index is 874. The van der Waals surface area contributed by atoms with Crippen molar-refractivity contribution in [3.8, 4) is 0 Å². The van der Waals surface area contributed by atoms with E-state index in [1.165, 1.54) is 5.56 Å².